The van der Waals surface area contributed by atoms with Crippen LogP contribution in [0.2, 0.25) is 0 Å². The van der Waals surface area contributed by atoms with Crippen molar-refractivity contribution < 1.29 is 5.11 Å². The maximum atomic E-state index is 9.39. The third-order valence-electron chi connectivity index (χ3n) is 3.81. The maximum absolute atomic E-state index is 9.39. The van der Waals surface area contributed by atoms with Gasteiger partial charge in [0, 0.05) is 0 Å². The first kappa shape index (κ1) is 18.5. The molecule has 1 rings (SSSR count). The first-order chi connectivity index (χ1) is 10.8. The summed E-state index contributed by atoms with van der Waals surface area (Å²) in [5, 5.41) is 9.39. The molecule has 0 fully saturated rings. The Morgan fingerprint density at radius 1 is 0.818 bits per heavy atom. The van der Waals surface area contributed by atoms with E-state index in [-0.39, 0.29) is 0 Å². The smallest absolute Gasteiger partial charge is 0.115 e. The number of hydrogen-bond donors (Lipinski definition) is 1. The molecule has 0 unspecified atom stereocenters. The second kappa shape index (κ2) is 13.2. The third-order valence-corrected chi connectivity index (χ3v) is 3.81. The SMILES string of the molecule is CCCCCC/C=C/CCC/C=C/CCc1cccc(O)c1. The minimum absolute atomic E-state index is 0.364. The zero-order chi connectivity index (χ0) is 15.9. The number of unbranched alkanes of at least 4 members (excludes halogenated alkanes) is 6. The first-order valence-electron chi connectivity index (χ1n) is 8.91. The van der Waals surface area contributed by atoms with E-state index in [0.717, 1.165) is 12.8 Å². The molecule has 0 spiro atoms. The van der Waals surface area contributed by atoms with Crippen molar-refractivity contribution in [3.8, 4) is 5.75 Å². The Hall–Kier alpha value is -1.50. The summed E-state index contributed by atoms with van der Waals surface area (Å²) in [7, 11) is 0. The molecule has 0 amide bonds. The van der Waals surface area contributed by atoms with Crippen LogP contribution in [0, 0.1) is 0 Å². The summed E-state index contributed by atoms with van der Waals surface area (Å²) in [5.41, 5.74) is 1.20. The van der Waals surface area contributed by atoms with Gasteiger partial charge < -0.3 is 5.11 Å². The fourth-order valence-electron chi connectivity index (χ4n) is 2.48. The van der Waals surface area contributed by atoms with Gasteiger partial charge in [-0.15, -0.1) is 0 Å². The second-order valence-corrected chi connectivity index (χ2v) is 5.93. The van der Waals surface area contributed by atoms with Crippen LogP contribution in [0.3, 0.4) is 0 Å². The van der Waals surface area contributed by atoms with E-state index in [9.17, 15) is 5.11 Å². The zero-order valence-electron chi connectivity index (χ0n) is 14.1. The van der Waals surface area contributed by atoms with E-state index in [4.69, 9.17) is 0 Å². The number of phenolic OH excluding ortho intramolecular Hbond substituents is 1. The number of allylic oxidation sites excluding steroid dienone is 4. The molecule has 0 aliphatic heterocycles. The Bertz CT molecular complexity index is 431. The summed E-state index contributed by atoms with van der Waals surface area (Å²) in [6.07, 6.45) is 21.6. The third kappa shape index (κ3) is 10.3. The van der Waals surface area contributed by atoms with Crippen LogP contribution in [-0.2, 0) is 6.42 Å². The van der Waals surface area contributed by atoms with Gasteiger partial charge in [-0.2, -0.15) is 0 Å². The lowest BCUT2D eigenvalue weighted by atomic mass is 10.1. The molecule has 0 heterocycles. The first-order valence-corrected chi connectivity index (χ1v) is 8.91. The largest absolute Gasteiger partial charge is 0.508 e. The van der Waals surface area contributed by atoms with Crippen molar-refractivity contribution in [2.45, 2.75) is 71.1 Å². The minimum atomic E-state index is 0.364. The topological polar surface area (TPSA) is 20.2 Å². The number of hydrogen-bond acceptors (Lipinski definition) is 1. The number of rotatable bonds is 12. The molecule has 1 N–H and O–H groups in total. The molecule has 0 radical (unpaired) electrons. The summed E-state index contributed by atoms with van der Waals surface area (Å²) in [6.45, 7) is 2.26. The van der Waals surface area contributed by atoms with Crippen LogP contribution in [-0.4, -0.2) is 5.11 Å². The fraction of sp³-hybridized carbons (Fsp3) is 0.524. The second-order valence-electron chi connectivity index (χ2n) is 5.93. The Kier molecular flexibility index (Phi) is 11.1. The van der Waals surface area contributed by atoms with E-state index in [0.29, 0.717) is 5.75 Å². The van der Waals surface area contributed by atoms with Gasteiger partial charge in [-0.05, 0) is 62.6 Å². The van der Waals surface area contributed by atoms with Gasteiger partial charge in [0.05, 0.1) is 0 Å². The molecule has 122 valence electrons. The lowest BCUT2D eigenvalue weighted by Gasteiger charge is -1.98. The summed E-state index contributed by atoms with van der Waals surface area (Å²) in [6, 6.07) is 7.54. The van der Waals surface area contributed by atoms with Crippen molar-refractivity contribution in [3.05, 3.63) is 54.1 Å². The summed E-state index contributed by atoms with van der Waals surface area (Å²) in [4.78, 5) is 0. The fourth-order valence-corrected chi connectivity index (χ4v) is 2.48. The molecule has 0 bridgehead atoms. The standard InChI is InChI=1S/C21H32O/c1-2-3-4-5-6-7-8-9-10-11-12-13-14-16-20-17-15-18-21(22)19-20/h7-8,12-13,15,17-19,22H,2-6,9-11,14,16H2,1H3/b8-7+,13-12+. The molecular formula is C21H32O. The molecular weight excluding hydrogens is 268 g/mol. The van der Waals surface area contributed by atoms with Gasteiger partial charge in [-0.3, -0.25) is 0 Å². The molecule has 0 saturated carbocycles. The lowest BCUT2D eigenvalue weighted by molar-refractivity contribution is 0.474. The van der Waals surface area contributed by atoms with E-state index in [1.165, 1.54) is 56.9 Å². The predicted octanol–water partition coefficient (Wildman–Crippen LogP) is 6.58. The number of benzene rings is 1. The average molecular weight is 300 g/mol. The van der Waals surface area contributed by atoms with Crippen LogP contribution in [0.25, 0.3) is 0 Å². The molecule has 0 aliphatic carbocycles. The van der Waals surface area contributed by atoms with Crippen LogP contribution in [0.15, 0.2) is 48.6 Å². The molecule has 1 aromatic carbocycles. The molecule has 22 heavy (non-hydrogen) atoms. The van der Waals surface area contributed by atoms with Crippen molar-refractivity contribution >= 4 is 0 Å². The van der Waals surface area contributed by atoms with Crippen LogP contribution < -0.4 is 0 Å². The summed E-state index contributed by atoms with van der Waals surface area (Å²) < 4.78 is 0. The van der Waals surface area contributed by atoms with Crippen LogP contribution in [0.4, 0.5) is 0 Å². The van der Waals surface area contributed by atoms with E-state index < -0.39 is 0 Å². The van der Waals surface area contributed by atoms with Crippen LogP contribution in [0.1, 0.15) is 70.3 Å². The van der Waals surface area contributed by atoms with Crippen LogP contribution >= 0.6 is 0 Å². The quantitative estimate of drug-likeness (QED) is 0.341. The molecule has 0 saturated heterocycles. The summed E-state index contributed by atoms with van der Waals surface area (Å²) >= 11 is 0. The van der Waals surface area contributed by atoms with Gasteiger partial charge in [0.15, 0.2) is 0 Å². The van der Waals surface area contributed by atoms with Gasteiger partial charge in [0.1, 0.15) is 5.75 Å². The van der Waals surface area contributed by atoms with E-state index >= 15 is 0 Å². The molecule has 1 heteroatoms. The monoisotopic (exact) mass is 300 g/mol. The lowest BCUT2D eigenvalue weighted by Crippen LogP contribution is -1.82. The van der Waals surface area contributed by atoms with E-state index in [2.05, 4.69) is 37.3 Å². The highest BCUT2D eigenvalue weighted by atomic mass is 16.3. The normalized spacial score (nSPS) is 11.7. The van der Waals surface area contributed by atoms with Crippen molar-refractivity contribution in [2.75, 3.05) is 0 Å². The van der Waals surface area contributed by atoms with Gasteiger partial charge >= 0.3 is 0 Å². The average Bonchev–Trinajstić information content (AvgIpc) is 2.52. The van der Waals surface area contributed by atoms with Crippen molar-refractivity contribution in [3.63, 3.8) is 0 Å². The Morgan fingerprint density at radius 2 is 1.50 bits per heavy atom. The molecule has 0 atom stereocenters. The number of aryl methyl sites for hydroxylation is 1. The van der Waals surface area contributed by atoms with Gasteiger partial charge in [-0.25, -0.2) is 0 Å². The van der Waals surface area contributed by atoms with Crippen molar-refractivity contribution in [1.82, 2.24) is 0 Å². The van der Waals surface area contributed by atoms with Crippen molar-refractivity contribution in [1.29, 1.82) is 0 Å². The molecule has 0 aliphatic rings. The Balaban J connectivity index is 1.95. The molecule has 0 aromatic heterocycles. The van der Waals surface area contributed by atoms with E-state index in [1.54, 1.807) is 6.07 Å². The number of aromatic hydroxyl groups is 1. The predicted molar refractivity (Wildman–Crippen MR) is 97.3 cm³/mol. The van der Waals surface area contributed by atoms with Gasteiger partial charge in [-0.1, -0.05) is 62.6 Å². The molecule has 1 aromatic rings. The minimum Gasteiger partial charge on any atom is -0.508 e. The summed E-state index contributed by atoms with van der Waals surface area (Å²) in [5.74, 6) is 0.364. The van der Waals surface area contributed by atoms with Crippen molar-refractivity contribution in [2.24, 2.45) is 0 Å². The van der Waals surface area contributed by atoms with Gasteiger partial charge in [0.25, 0.3) is 0 Å². The van der Waals surface area contributed by atoms with Crippen LogP contribution in [0.5, 0.6) is 5.75 Å². The maximum Gasteiger partial charge on any atom is 0.115 e. The number of phenols is 1. The zero-order valence-corrected chi connectivity index (χ0v) is 14.1. The molecule has 1 nitrogen and oxygen atoms in total. The van der Waals surface area contributed by atoms with E-state index in [1.807, 2.05) is 12.1 Å². The Morgan fingerprint density at radius 3 is 2.18 bits per heavy atom. The highest BCUT2D eigenvalue weighted by Crippen LogP contribution is 2.12. The highest BCUT2D eigenvalue weighted by molar-refractivity contribution is 5.27. The Labute approximate surface area is 136 Å². The highest BCUT2D eigenvalue weighted by Gasteiger charge is 1.92. The van der Waals surface area contributed by atoms with Gasteiger partial charge in [0.2, 0.25) is 0 Å².